The summed E-state index contributed by atoms with van der Waals surface area (Å²) in [6.07, 6.45) is 0. The van der Waals surface area contributed by atoms with E-state index in [1.54, 1.807) is 0 Å². The van der Waals surface area contributed by atoms with Crippen molar-refractivity contribution in [1.82, 2.24) is 0 Å². The summed E-state index contributed by atoms with van der Waals surface area (Å²) in [6.45, 7) is 2.01. The Balaban J connectivity index is 1.94. The van der Waals surface area contributed by atoms with Gasteiger partial charge in [0.1, 0.15) is 6.61 Å². The van der Waals surface area contributed by atoms with Gasteiger partial charge in [-0.15, -0.1) is 11.8 Å². The second-order valence-electron chi connectivity index (χ2n) is 4.26. The van der Waals surface area contributed by atoms with Crippen LogP contribution in [0.1, 0.15) is 16.7 Å². The highest BCUT2D eigenvalue weighted by Crippen LogP contribution is 2.23. The first kappa shape index (κ1) is 13.7. The van der Waals surface area contributed by atoms with Gasteiger partial charge in [0.15, 0.2) is 0 Å². The molecule has 0 atom stereocenters. The fourth-order valence-electron chi connectivity index (χ4n) is 1.63. The zero-order valence-electron chi connectivity index (χ0n) is 10.9. The van der Waals surface area contributed by atoms with Crippen LogP contribution in [-0.2, 0) is 5.75 Å². The SMILES string of the molecule is Cc1ccc(SCc2ccc(C#CCO)cc2)cc1. The van der Waals surface area contributed by atoms with E-state index in [4.69, 9.17) is 5.11 Å². The van der Waals surface area contributed by atoms with Crippen LogP contribution in [0.4, 0.5) is 0 Å². The second-order valence-corrected chi connectivity index (χ2v) is 5.31. The zero-order valence-corrected chi connectivity index (χ0v) is 11.7. The van der Waals surface area contributed by atoms with Crippen molar-refractivity contribution in [1.29, 1.82) is 0 Å². The summed E-state index contributed by atoms with van der Waals surface area (Å²) in [7, 11) is 0. The third kappa shape index (κ3) is 4.48. The molecule has 0 amide bonds. The molecule has 0 unspecified atom stereocenters. The van der Waals surface area contributed by atoms with Crippen molar-refractivity contribution in [3.63, 3.8) is 0 Å². The summed E-state index contributed by atoms with van der Waals surface area (Å²) in [4.78, 5) is 1.29. The third-order valence-corrected chi connectivity index (χ3v) is 3.78. The molecule has 96 valence electrons. The standard InChI is InChI=1S/C17H16OS/c1-14-4-10-17(11-5-14)19-13-16-8-6-15(7-9-16)3-2-12-18/h4-11,18H,12-13H2,1H3. The maximum atomic E-state index is 8.63. The normalized spacial score (nSPS) is 9.79. The van der Waals surface area contributed by atoms with Crippen LogP contribution >= 0.6 is 11.8 Å². The van der Waals surface area contributed by atoms with Crippen molar-refractivity contribution in [2.75, 3.05) is 6.61 Å². The molecule has 2 aromatic rings. The lowest BCUT2D eigenvalue weighted by Crippen LogP contribution is -1.82. The molecule has 0 heterocycles. The number of benzene rings is 2. The molecule has 0 aliphatic carbocycles. The molecule has 0 fully saturated rings. The molecular weight excluding hydrogens is 252 g/mol. The number of aryl methyl sites for hydroxylation is 1. The number of hydrogen-bond acceptors (Lipinski definition) is 2. The quantitative estimate of drug-likeness (QED) is 0.677. The first-order valence-corrected chi connectivity index (χ1v) is 7.14. The molecule has 2 heteroatoms. The fraction of sp³-hybridized carbons (Fsp3) is 0.176. The molecular formula is C17H16OS. The lowest BCUT2D eigenvalue weighted by molar-refractivity contribution is 0.350. The summed E-state index contributed by atoms with van der Waals surface area (Å²) in [5.74, 6) is 6.50. The molecule has 1 nitrogen and oxygen atoms in total. The first-order chi connectivity index (χ1) is 9.28. The largest absolute Gasteiger partial charge is 0.384 e. The third-order valence-electron chi connectivity index (χ3n) is 2.69. The van der Waals surface area contributed by atoms with Crippen LogP contribution in [0.25, 0.3) is 0 Å². The summed E-state index contributed by atoms with van der Waals surface area (Å²) in [5, 5.41) is 8.63. The molecule has 0 saturated carbocycles. The molecule has 0 spiro atoms. The highest BCUT2D eigenvalue weighted by atomic mass is 32.2. The van der Waals surface area contributed by atoms with Crippen molar-refractivity contribution in [3.05, 3.63) is 65.2 Å². The topological polar surface area (TPSA) is 20.2 Å². The summed E-state index contributed by atoms with van der Waals surface area (Å²) in [6, 6.07) is 16.7. The van der Waals surface area contributed by atoms with Crippen molar-refractivity contribution in [2.45, 2.75) is 17.6 Å². The van der Waals surface area contributed by atoms with E-state index < -0.39 is 0 Å². The van der Waals surface area contributed by atoms with E-state index in [2.05, 4.69) is 55.2 Å². The van der Waals surface area contributed by atoms with E-state index in [1.807, 2.05) is 23.9 Å². The maximum absolute atomic E-state index is 8.63. The van der Waals surface area contributed by atoms with Gasteiger partial charge in [0.25, 0.3) is 0 Å². The lowest BCUT2D eigenvalue weighted by atomic mass is 10.1. The Hall–Kier alpha value is -1.69. The van der Waals surface area contributed by atoms with E-state index >= 15 is 0 Å². The molecule has 0 radical (unpaired) electrons. The Morgan fingerprint density at radius 2 is 1.68 bits per heavy atom. The Bertz CT molecular complexity index is 573. The maximum Gasteiger partial charge on any atom is 0.104 e. The van der Waals surface area contributed by atoms with Gasteiger partial charge in [-0.3, -0.25) is 0 Å². The summed E-state index contributed by atoms with van der Waals surface area (Å²) < 4.78 is 0. The fourth-order valence-corrected chi connectivity index (χ4v) is 2.48. The van der Waals surface area contributed by atoms with Crippen molar-refractivity contribution >= 4 is 11.8 Å². The Labute approximate surface area is 118 Å². The average molecular weight is 268 g/mol. The van der Waals surface area contributed by atoms with E-state index in [-0.39, 0.29) is 6.61 Å². The van der Waals surface area contributed by atoms with Crippen LogP contribution in [0.5, 0.6) is 0 Å². The predicted molar refractivity (Wildman–Crippen MR) is 81.1 cm³/mol. The molecule has 0 aromatic heterocycles. The van der Waals surface area contributed by atoms with Crippen molar-refractivity contribution < 1.29 is 5.11 Å². The Morgan fingerprint density at radius 1 is 1.00 bits per heavy atom. The van der Waals surface area contributed by atoms with Crippen LogP contribution < -0.4 is 0 Å². The van der Waals surface area contributed by atoms with Crippen LogP contribution in [0, 0.1) is 18.8 Å². The van der Waals surface area contributed by atoms with Gasteiger partial charge in [-0.05, 0) is 36.8 Å². The first-order valence-electron chi connectivity index (χ1n) is 6.16. The van der Waals surface area contributed by atoms with Crippen LogP contribution in [0.3, 0.4) is 0 Å². The molecule has 0 aliphatic heterocycles. The number of rotatable bonds is 3. The van der Waals surface area contributed by atoms with Crippen molar-refractivity contribution in [2.24, 2.45) is 0 Å². The number of aliphatic hydroxyl groups excluding tert-OH is 1. The Morgan fingerprint density at radius 3 is 2.32 bits per heavy atom. The minimum absolute atomic E-state index is 0.0922. The van der Waals surface area contributed by atoms with Gasteiger partial charge in [0, 0.05) is 16.2 Å². The van der Waals surface area contributed by atoms with E-state index in [1.165, 1.54) is 16.0 Å². The van der Waals surface area contributed by atoms with E-state index in [9.17, 15) is 0 Å². The van der Waals surface area contributed by atoms with E-state index in [0.717, 1.165) is 11.3 Å². The monoisotopic (exact) mass is 268 g/mol. The average Bonchev–Trinajstić information content (AvgIpc) is 2.46. The highest BCUT2D eigenvalue weighted by Gasteiger charge is 1.96. The molecule has 2 aromatic carbocycles. The predicted octanol–water partition coefficient (Wildman–Crippen LogP) is 3.63. The van der Waals surface area contributed by atoms with Crippen LogP contribution in [-0.4, -0.2) is 11.7 Å². The summed E-state index contributed by atoms with van der Waals surface area (Å²) >= 11 is 1.83. The lowest BCUT2D eigenvalue weighted by Gasteiger charge is -2.03. The minimum atomic E-state index is -0.0922. The molecule has 2 rings (SSSR count). The Kier molecular flexibility index (Phi) is 5.09. The molecule has 0 aliphatic rings. The van der Waals surface area contributed by atoms with Gasteiger partial charge < -0.3 is 5.11 Å². The minimum Gasteiger partial charge on any atom is -0.384 e. The molecule has 19 heavy (non-hydrogen) atoms. The smallest absolute Gasteiger partial charge is 0.104 e. The molecule has 0 saturated heterocycles. The number of thioether (sulfide) groups is 1. The van der Waals surface area contributed by atoms with Crippen LogP contribution in [0.2, 0.25) is 0 Å². The number of hydrogen-bond donors (Lipinski definition) is 1. The number of aliphatic hydroxyl groups is 1. The van der Waals surface area contributed by atoms with Gasteiger partial charge in [0.2, 0.25) is 0 Å². The van der Waals surface area contributed by atoms with Gasteiger partial charge in [0.05, 0.1) is 0 Å². The highest BCUT2D eigenvalue weighted by molar-refractivity contribution is 7.98. The van der Waals surface area contributed by atoms with Gasteiger partial charge in [-0.2, -0.15) is 0 Å². The molecule has 1 N–H and O–H groups in total. The van der Waals surface area contributed by atoms with E-state index in [0.29, 0.717) is 0 Å². The van der Waals surface area contributed by atoms with Gasteiger partial charge in [-0.1, -0.05) is 41.7 Å². The van der Waals surface area contributed by atoms with Crippen molar-refractivity contribution in [3.8, 4) is 11.8 Å². The van der Waals surface area contributed by atoms with Gasteiger partial charge in [-0.25, -0.2) is 0 Å². The summed E-state index contributed by atoms with van der Waals surface area (Å²) in [5.41, 5.74) is 3.51. The zero-order chi connectivity index (χ0) is 13.5. The molecule has 0 bridgehead atoms. The van der Waals surface area contributed by atoms with Gasteiger partial charge >= 0.3 is 0 Å². The second kappa shape index (κ2) is 7.04. The van der Waals surface area contributed by atoms with Crippen LogP contribution in [0.15, 0.2) is 53.4 Å².